The van der Waals surface area contributed by atoms with Crippen LogP contribution in [0.25, 0.3) is 0 Å². The van der Waals surface area contributed by atoms with Crippen LogP contribution < -0.4 is 15.4 Å². The number of thioether (sulfide) groups is 1. The Kier molecular flexibility index (Phi) is 8.55. The second-order valence-corrected chi connectivity index (χ2v) is 9.30. The van der Waals surface area contributed by atoms with Crippen molar-refractivity contribution >= 4 is 46.3 Å². The molecule has 0 saturated heterocycles. The summed E-state index contributed by atoms with van der Waals surface area (Å²) in [5, 5.41) is 7.40. The van der Waals surface area contributed by atoms with Crippen molar-refractivity contribution in [2.75, 3.05) is 17.2 Å². The Balaban J connectivity index is 1.53. The topological polar surface area (TPSA) is 67.4 Å². The molecule has 0 spiro atoms. The maximum atomic E-state index is 12.6. The van der Waals surface area contributed by atoms with E-state index in [1.807, 2.05) is 66.9 Å². The zero-order valence-electron chi connectivity index (χ0n) is 17.6. The fraction of sp³-hybridized carbons (Fsp3) is 0.250. The Morgan fingerprint density at radius 3 is 2.55 bits per heavy atom. The summed E-state index contributed by atoms with van der Waals surface area (Å²) in [5.74, 6) is 0.582. The van der Waals surface area contributed by atoms with E-state index in [2.05, 4.69) is 17.6 Å². The van der Waals surface area contributed by atoms with Gasteiger partial charge in [0.25, 0.3) is 5.91 Å². The van der Waals surface area contributed by atoms with Gasteiger partial charge >= 0.3 is 0 Å². The van der Waals surface area contributed by atoms with Crippen molar-refractivity contribution < 1.29 is 14.3 Å². The van der Waals surface area contributed by atoms with Gasteiger partial charge in [0.1, 0.15) is 5.75 Å². The molecular formula is C24H26N2O3S2. The number of amides is 2. The average Bonchev–Trinajstić information content (AvgIpc) is 3.30. The molecule has 7 heteroatoms. The lowest BCUT2D eigenvalue weighted by molar-refractivity contribution is -0.115. The van der Waals surface area contributed by atoms with Gasteiger partial charge in [0.15, 0.2) is 0 Å². The minimum Gasteiger partial charge on any atom is -0.494 e. The van der Waals surface area contributed by atoms with E-state index in [1.54, 1.807) is 6.07 Å². The van der Waals surface area contributed by atoms with Crippen LogP contribution in [0.2, 0.25) is 0 Å². The van der Waals surface area contributed by atoms with Gasteiger partial charge in [-0.3, -0.25) is 9.59 Å². The Hall–Kier alpha value is -2.77. The number of ether oxygens (including phenoxy) is 1. The van der Waals surface area contributed by atoms with Crippen molar-refractivity contribution in [2.45, 2.75) is 36.8 Å². The van der Waals surface area contributed by atoms with Crippen LogP contribution in [0.3, 0.4) is 0 Å². The summed E-state index contributed by atoms with van der Waals surface area (Å²) >= 11 is 2.84. The summed E-state index contributed by atoms with van der Waals surface area (Å²) in [7, 11) is 0. The fourth-order valence-electron chi connectivity index (χ4n) is 2.72. The van der Waals surface area contributed by atoms with Gasteiger partial charge in [0.2, 0.25) is 5.91 Å². The van der Waals surface area contributed by atoms with Crippen molar-refractivity contribution in [1.82, 2.24) is 0 Å². The highest BCUT2D eigenvalue weighted by atomic mass is 32.2. The Labute approximate surface area is 191 Å². The van der Waals surface area contributed by atoms with Crippen LogP contribution in [0.4, 0.5) is 11.4 Å². The quantitative estimate of drug-likeness (QED) is 0.279. The number of unbranched alkanes of at least 4 members (excludes halogenated alkanes) is 1. The SMILES string of the molecule is CCCCOc1ccc(NC(=O)C(C)Sc2cccc(NC(=O)c3cccs3)c2)cc1. The molecule has 0 aliphatic rings. The first-order valence-corrected chi connectivity index (χ1v) is 12.0. The van der Waals surface area contributed by atoms with Crippen LogP contribution in [0.1, 0.15) is 36.4 Å². The lowest BCUT2D eigenvalue weighted by Crippen LogP contribution is -2.22. The summed E-state index contributed by atoms with van der Waals surface area (Å²) in [6.45, 7) is 4.68. The molecule has 3 rings (SSSR count). The van der Waals surface area contributed by atoms with Gasteiger partial charge in [-0.2, -0.15) is 0 Å². The second kappa shape index (κ2) is 11.6. The van der Waals surface area contributed by atoms with E-state index < -0.39 is 0 Å². The maximum absolute atomic E-state index is 12.6. The molecule has 5 nitrogen and oxygen atoms in total. The van der Waals surface area contributed by atoms with Gasteiger partial charge in [0.05, 0.1) is 16.7 Å². The van der Waals surface area contributed by atoms with Gasteiger partial charge in [-0.15, -0.1) is 23.1 Å². The monoisotopic (exact) mass is 454 g/mol. The molecule has 31 heavy (non-hydrogen) atoms. The zero-order chi connectivity index (χ0) is 22.1. The van der Waals surface area contributed by atoms with Crippen molar-refractivity contribution in [3.8, 4) is 5.75 Å². The lowest BCUT2D eigenvalue weighted by Gasteiger charge is -2.13. The number of thiophene rings is 1. The molecule has 0 aliphatic carbocycles. The zero-order valence-corrected chi connectivity index (χ0v) is 19.2. The normalized spacial score (nSPS) is 11.5. The van der Waals surface area contributed by atoms with Crippen LogP contribution in [-0.2, 0) is 4.79 Å². The molecule has 2 aromatic carbocycles. The Morgan fingerprint density at radius 2 is 1.84 bits per heavy atom. The molecule has 1 aromatic heterocycles. The number of rotatable bonds is 10. The highest BCUT2D eigenvalue weighted by Crippen LogP contribution is 2.27. The number of benzene rings is 2. The molecule has 1 heterocycles. The van der Waals surface area contributed by atoms with Crippen LogP contribution in [0.15, 0.2) is 70.9 Å². The number of hydrogen-bond donors (Lipinski definition) is 2. The van der Waals surface area contributed by atoms with Crippen LogP contribution in [0, 0.1) is 0 Å². The molecule has 1 atom stereocenters. The van der Waals surface area contributed by atoms with E-state index in [0.29, 0.717) is 17.2 Å². The first kappa shape index (κ1) is 22.9. The predicted molar refractivity (Wildman–Crippen MR) is 130 cm³/mol. The third-order valence-electron chi connectivity index (χ3n) is 4.41. The summed E-state index contributed by atoms with van der Waals surface area (Å²) in [6, 6.07) is 18.6. The number of hydrogen-bond acceptors (Lipinski definition) is 5. The predicted octanol–water partition coefficient (Wildman–Crippen LogP) is 6.30. The minimum absolute atomic E-state index is 0.0855. The Bertz CT molecular complexity index is 988. The van der Waals surface area contributed by atoms with E-state index in [1.165, 1.54) is 23.1 Å². The Morgan fingerprint density at radius 1 is 1.03 bits per heavy atom. The van der Waals surface area contributed by atoms with Crippen LogP contribution >= 0.6 is 23.1 Å². The molecule has 0 bridgehead atoms. The average molecular weight is 455 g/mol. The summed E-state index contributed by atoms with van der Waals surface area (Å²) in [4.78, 5) is 26.4. The van der Waals surface area contributed by atoms with Gasteiger partial charge in [0, 0.05) is 16.3 Å². The van der Waals surface area contributed by atoms with E-state index >= 15 is 0 Å². The molecule has 2 amide bonds. The second-order valence-electron chi connectivity index (χ2n) is 6.93. The molecule has 0 aliphatic heterocycles. The fourth-order valence-corrected chi connectivity index (χ4v) is 4.26. The molecular weight excluding hydrogens is 428 g/mol. The smallest absolute Gasteiger partial charge is 0.265 e. The van der Waals surface area contributed by atoms with E-state index in [-0.39, 0.29) is 17.1 Å². The summed E-state index contributed by atoms with van der Waals surface area (Å²) in [6.07, 6.45) is 2.11. The molecule has 162 valence electrons. The largest absolute Gasteiger partial charge is 0.494 e. The molecule has 0 radical (unpaired) electrons. The summed E-state index contributed by atoms with van der Waals surface area (Å²) in [5.41, 5.74) is 1.44. The van der Waals surface area contributed by atoms with Gasteiger partial charge < -0.3 is 15.4 Å². The number of carbonyl (C=O) groups is 2. The standard InChI is InChI=1S/C24H26N2O3S2/c1-3-4-14-29-20-12-10-18(11-13-20)25-23(27)17(2)31-21-8-5-7-19(16-21)26-24(28)22-9-6-15-30-22/h5-13,15-17H,3-4,14H2,1-2H3,(H,25,27)(H,26,28). The molecule has 1 unspecified atom stereocenters. The molecule has 0 fully saturated rings. The molecule has 2 N–H and O–H groups in total. The van der Waals surface area contributed by atoms with Crippen molar-refractivity contribution in [1.29, 1.82) is 0 Å². The third-order valence-corrected chi connectivity index (χ3v) is 6.37. The highest BCUT2D eigenvalue weighted by Gasteiger charge is 2.15. The summed E-state index contributed by atoms with van der Waals surface area (Å²) < 4.78 is 5.65. The first-order valence-electron chi connectivity index (χ1n) is 10.2. The number of anilines is 2. The van der Waals surface area contributed by atoms with E-state index in [9.17, 15) is 9.59 Å². The van der Waals surface area contributed by atoms with Gasteiger partial charge in [-0.1, -0.05) is 25.5 Å². The van der Waals surface area contributed by atoms with E-state index in [4.69, 9.17) is 4.74 Å². The number of nitrogens with one attached hydrogen (secondary N) is 2. The molecule has 3 aromatic rings. The highest BCUT2D eigenvalue weighted by molar-refractivity contribution is 8.00. The van der Waals surface area contributed by atoms with Gasteiger partial charge in [-0.25, -0.2) is 0 Å². The van der Waals surface area contributed by atoms with Crippen LogP contribution in [-0.4, -0.2) is 23.7 Å². The van der Waals surface area contributed by atoms with Gasteiger partial charge in [-0.05, 0) is 67.3 Å². The van der Waals surface area contributed by atoms with Crippen molar-refractivity contribution in [3.63, 3.8) is 0 Å². The van der Waals surface area contributed by atoms with Crippen molar-refractivity contribution in [3.05, 3.63) is 70.9 Å². The van der Waals surface area contributed by atoms with E-state index in [0.717, 1.165) is 29.2 Å². The van der Waals surface area contributed by atoms with Crippen LogP contribution in [0.5, 0.6) is 5.75 Å². The lowest BCUT2D eigenvalue weighted by atomic mass is 10.3. The minimum atomic E-state index is -0.302. The molecule has 0 saturated carbocycles. The van der Waals surface area contributed by atoms with Crippen molar-refractivity contribution in [2.24, 2.45) is 0 Å². The maximum Gasteiger partial charge on any atom is 0.265 e. The first-order chi connectivity index (χ1) is 15.0. The third kappa shape index (κ3) is 7.15. The number of carbonyl (C=O) groups excluding carboxylic acids is 2.